The Labute approximate surface area is 137 Å². The van der Waals surface area contributed by atoms with Crippen molar-refractivity contribution in [3.63, 3.8) is 0 Å². The number of hydrogen-bond donors (Lipinski definition) is 0. The van der Waals surface area contributed by atoms with E-state index in [4.69, 9.17) is 4.98 Å². The average molecular weight is 323 g/mol. The molecule has 0 radical (unpaired) electrons. The second-order valence-electron chi connectivity index (χ2n) is 6.70. The second kappa shape index (κ2) is 4.71. The minimum atomic E-state index is 0.625. The fraction of sp³-hybridized carbons (Fsp3) is 0.412. The van der Waals surface area contributed by atoms with Crippen LogP contribution < -0.4 is 0 Å². The van der Waals surface area contributed by atoms with E-state index in [1.807, 2.05) is 0 Å². The third-order valence-electron chi connectivity index (χ3n) is 4.64. The molecule has 0 atom stereocenters. The Hall–Kier alpha value is -2.08. The summed E-state index contributed by atoms with van der Waals surface area (Å²) in [7, 11) is 0. The molecule has 116 valence electrons. The van der Waals surface area contributed by atoms with Crippen molar-refractivity contribution in [2.75, 3.05) is 0 Å². The van der Waals surface area contributed by atoms with E-state index in [2.05, 4.69) is 28.9 Å². The molecule has 0 saturated heterocycles. The molecule has 6 heteroatoms. The molecule has 0 aromatic carbocycles. The topological polar surface area (TPSA) is 56.0 Å². The minimum Gasteiger partial charge on any atom is -0.242 e. The Morgan fingerprint density at radius 3 is 2.96 bits per heavy atom. The van der Waals surface area contributed by atoms with Crippen molar-refractivity contribution in [1.29, 1.82) is 0 Å². The highest BCUT2D eigenvalue weighted by Crippen LogP contribution is 2.40. The van der Waals surface area contributed by atoms with E-state index in [-0.39, 0.29) is 0 Å². The maximum absolute atomic E-state index is 5.04. The Morgan fingerprint density at radius 1 is 1.22 bits per heavy atom. The molecule has 0 fully saturated rings. The zero-order valence-electron chi connectivity index (χ0n) is 13.2. The quantitative estimate of drug-likeness (QED) is 0.566. The summed E-state index contributed by atoms with van der Waals surface area (Å²) in [5, 5.41) is 5.46. The molecule has 0 spiro atoms. The lowest BCUT2D eigenvalue weighted by Crippen LogP contribution is -2.03. The Balaban J connectivity index is 1.91. The highest BCUT2D eigenvalue weighted by Gasteiger charge is 2.24. The SMILES string of the molecule is CC(C)Cc1nc2sc3c(ncn4ncnc34)c2c2c1CCC2. The van der Waals surface area contributed by atoms with E-state index in [1.165, 1.54) is 28.6 Å². The summed E-state index contributed by atoms with van der Waals surface area (Å²) in [6.45, 7) is 4.53. The molecule has 1 aliphatic rings. The summed E-state index contributed by atoms with van der Waals surface area (Å²) in [6.07, 6.45) is 7.94. The number of fused-ring (bicyclic) bond motifs is 7. The monoisotopic (exact) mass is 323 g/mol. The maximum atomic E-state index is 5.04. The van der Waals surface area contributed by atoms with E-state index >= 15 is 0 Å². The van der Waals surface area contributed by atoms with Gasteiger partial charge in [-0.15, -0.1) is 11.3 Å². The molecular formula is C17H17N5S. The molecule has 5 rings (SSSR count). The molecule has 4 aromatic heterocycles. The van der Waals surface area contributed by atoms with Crippen LogP contribution in [0.1, 0.15) is 37.1 Å². The van der Waals surface area contributed by atoms with E-state index in [9.17, 15) is 0 Å². The lowest BCUT2D eigenvalue weighted by atomic mass is 9.99. The van der Waals surface area contributed by atoms with Crippen LogP contribution in [0, 0.1) is 5.92 Å². The first-order chi connectivity index (χ1) is 11.2. The van der Waals surface area contributed by atoms with Crippen molar-refractivity contribution in [3.05, 3.63) is 29.5 Å². The van der Waals surface area contributed by atoms with Crippen LogP contribution in [0.3, 0.4) is 0 Å². The largest absolute Gasteiger partial charge is 0.242 e. The van der Waals surface area contributed by atoms with Gasteiger partial charge in [-0.1, -0.05) is 13.8 Å². The molecule has 0 amide bonds. The number of aromatic nitrogens is 5. The third kappa shape index (κ3) is 1.84. The number of aryl methyl sites for hydroxylation is 1. The first-order valence-corrected chi connectivity index (χ1v) is 8.95. The van der Waals surface area contributed by atoms with Crippen molar-refractivity contribution in [2.24, 2.45) is 5.92 Å². The van der Waals surface area contributed by atoms with Crippen LogP contribution in [0.15, 0.2) is 12.7 Å². The van der Waals surface area contributed by atoms with Gasteiger partial charge in [-0.3, -0.25) is 0 Å². The Morgan fingerprint density at radius 2 is 2.09 bits per heavy atom. The lowest BCUT2D eigenvalue weighted by Gasteiger charge is -2.11. The van der Waals surface area contributed by atoms with Crippen molar-refractivity contribution in [1.82, 2.24) is 24.6 Å². The van der Waals surface area contributed by atoms with Crippen LogP contribution in [-0.4, -0.2) is 24.6 Å². The van der Waals surface area contributed by atoms with Gasteiger partial charge in [-0.25, -0.2) is 19.5 Å². The molecule has 23 heavy (non-hydrogen) atoms. The summed E-state index contributed by atoms with van der Waals surface area (Å²) < 4.78 is 2.84. The summed E-state index contributed by atoms with van der Waals surface area (Å²) in [6, 6.07) is 0. The molecular weight excluding hydrogens is 306 g/mol. The number of rotatable bonds is 2. The number of pyridine rings is 1. The van der Waals surface area contributed by atoms with E-state index in [0.717, 1.165) is 40.0 Å². The standard InChI is InChI=1S/C17H17N5S/c1-9(2)6-12-10-4-3-5-11(10)13-14-15(23-17(13)21-12)16-18-7-20-22(16)8-19-14/h7-9H,3-6H2,1-2H3. The smallest absolute Gasteiger partial charge is 0.176 e. The van der Waals surface area contributed by atoms with E-state index < -0.39 is 0 Å². The maximum Gasteiger partial charge on any atom is 0.176 e. The Kier molecular flexibility index (Phi) is 2.74. The molecule has 0 unspecified atom stereocenters. The molecule has 0 bridgehead atoms. The van der Waals surface area contributed by atoms with Gasteiger partial charge in [0.25, 0.3) is 0 Å². The summed E-state index contributed by atoms with van der Waals surface area (Å²) in [5.74, 6) is 0.625. The van der Waals surface area contributed by atoms with Crippen LogP contribution in [-0.2, 0) is 19.3 Å². The summed E-state index contributed by atoms with van der Waals surface area (Å²) in [4.78, 5) is 15.2. The number of hydrogen-bond acceptors (Lipinski definition) is 5. The Bertz CT molecular complexity index is 1060. The van der Waals surface area contributed by atoms with Crippen molar-refractivity contribution >= 4 is 37.4 Å². The van der Waals surface area contributed by atoms with Gasteiger partial charge in [0.1, 0.15) is 22.2 Å². The predicted molar refractivity (Wildman–Crippen MR) is 92.0 cm³/mol. The van der Waals surface area contributed by atoms with E-state index in [0.29, 0.717) is 5.92 Å². The third-order valence-corrected chi connectivity index (χ3v) is 5.71. The molecule has 0 saturated carbocycles. The first kappa shape index (κ1) is 13.4. The van der Waals surface area contributed by atoms with Crippen LogP contribution in [0.2, 0.25) is 0 Å². The fourth-order valence-corrected chi connectivity index (χ4v) is 4.89. The van der Waals surface area contributed by atoms with Gasteiger partial charge in [0.2, 0.25) is 0 Å². The predicted octanol–water partition coefficient (Wildman–Crippen LogP) is 3.57. The zero-order valence-corrected chi connectivity index (χ0v) is 14.0. The fourth-order valence-electron chi connectivity index (χ4n) is 3.73. The van der Waals surface area contributed by atoms with Crippen LogP contribution in [0.5, 0.6) is 0 Å². The molecule has 4 heterocycles. The van der Waals surface area contributed by atoms with E-state index in [1.54, 1.807) is 28.5 Å². The molecule has 0 N–H and O–H groups in total. The zero-order chi connectivity index (χ0) is 15.6. The van der Waals surface area contributed by atoms with Gasteiger partial charge in [0, 0.05) is 11.1 Å². The van der Waals surface area contributed by atoms with Crippen LogP contribution >= 0.6 is 11.3 Å². The first-order valence-electron chi connectivity index (χ1n) is 8.13. The lowest BCUT2D eigenvalue weighted by molar-refractivity contribution is 0.632. The highest BCUT2D eigenvalue weighted by molar-refractivity contribution is 7.26. The molecule has 4 aromatic rings. The van der Waals surface area contributed by atoms with Gasteiger partial charge in [0.15, 0.2) is 5.65 Å². The summed E-state index contributed by atoms with van der Waals surface area (Å²) >= 11 is 1.71. The van der Waals surface area contributed by atoms with Crippen LogP contribution in [0.4, 0.5) is 0 Å². The summed E-state index contributed by atoms with van der Waals surface area (Å²) in [5.41, 5.74) is 6.19. The number of thiophene rings is 1. The van der Waals surface area contributed by atoms with Crippen molar-refractivity contribution in [3.8, 4) is 0 Å². The molecule has 1 aliphatic carbocycles. The highest BCUT2D eigenvalue weighted by atomic mass is 32.1. The van der Waals surface area contributed by atoms with Gasteiger partial charge >= 0.3 is 0 Å². The van der Waals surface area contributed by atoms with Crippen molar-refractivity contribution in [2.45, 2.75) is 39.5 Å². The van der Waals surface area contributed by atoms with Gasteiger partial charge in [-0.2, -0.15) is 5.10 Å². The molecule has 0 aliphatic heterocycles. The minimum absolute atomic E-state index is 0.625. The van der Waals surface area contributed by atoms with Gasteiger partial charge in [0.05, 0.1) is 5.52 Å². The van der Waals surface area contributed by atoms with Gasteiger partial charge in [-0.05, 0) is 42.7 Å². The molecule has 5 nitrogen and oxygen atoms in total. The second-order valence-corrected chi connectivity index (χ2v) is 7.70. The average Bonchev–Trinajstić information content (AvgIpc) is 3.22. The van der Waals surface area contributed by atoms with Crippen molar-refractivity contribution < 1.29 is 0 Å². The number of nitrogens with zero attached hydrogens (tertiary/aromatic N) is 5. The van der Waals surface area contributed by atoms with Crippen LogP contribution in [0.25, 0.3) is 26.1 Å². The van der Waals surface area contributed by atoms with Gasteiger partial charge < -0.3 is 0 Å². The normalized spacial score (nSPS) is 14.6.